The monoisotopic (exact) mass is 445 g/mol. The van der Waals surface area contributed by atoms with Crippen LogP contribution in [0.3, 0.4) is 0 Å². The Bertz CT molecular complexity index is 1120. The number of hydrazone groups is 1. The van der Waals surface area contributed by atoms with Crippen LogP contribution in [0.5, 0.6) is 11.5 Å². The molecule has 0 saturated carbocycles. The molecular weight excluding hydrogens is 422 g/mol. The first-order chi connectivity index (χ1) is 15.5. The van der Waals surface area contributed by atoms with Crippen LogP contribution in [-0.4, -0.2) is 24.4 Å². The summed E-state index contributed by atoms with van der Waals surface area (Å²) in [4.78, 5) is 12.0. The highest BCUT2D eigenvalue weighted by molar-refractivity contribution is 7.80. The maximum Gasteiger partial charge on any atom is 0.336 e. The molecule has 0 aromatic heterocycles. The number of benzene rings is 3. The summed E-state index contributed by atoms with van der Waals surface area (Å²) in [5, 5.41) is 7.61. The van der Waals surface area contributed by atoms with Crippen molar-refractivity contribution < 1.29 is 14.3 Å². The summed E-state index contributed by atoms with van der Waals surface area (Å²) in [7, 11) is 1.61. The van der Waals surface area contributed by atoms with E-state index in [1.165, 1.54) is 6.08 Å². The van der Waals surface area contributed by atoms with E-state index in [9.17, 15) is 4.79 Å². The van der Waals surface area contributed by atoms with Gasteiger partial charge in [0.1, 0.15) is 11.5 Å². The SMILES string of the molecule is COc1ccc(/C=C/C(=O)Oc2ccc(/C=N/NC(=S)Nc3ccccc3C)cc2)cc1. The first-order valence-corrected chi connectivity index (χ1v) is 10.2. The molecule has 0 radical (unpaired) electrons. The number of carbonyl (C=O) groups excluding carboxylic acids is 1. The molecule has 0 heterocycles. The Hall–Kier alpha value is -3.97. The molecule has 0 atom stereocenters. The Kier molecular flexibility index (Phi) is 8.11. The average Bonchev–Trinajstić information content (AvgIpc) is 2.81. The third-order valence-corrected chi connectivity index (χ3v) is 4.59. The van der Waals surface area contributed by atoms with Crippen molar-refractivity contribution in [2.75, 3.05) is 12.4 Å². The summed E-state index contributed by atoms with van der Waals surface area (Å²) in [5.74, 6) is 0.737. The van der Waals surface area contributed by atoms with E-state index in [4.69, 9.17) is 21.7 Å². The summed E-state index contributed by atoms with van der Waals surface area (Å²) >= 11 is 5.25. The molecule has 0 unspecified atom stereocenters. The fraction of sp³-hybridized carbons (Fsp3) is 0.0800. The number of esters is 1. The van der Waals surface area contributed by atoms with Crippen LogP contribution in [0, 0.1) is 6.92 Å². The van der Waals surface area contributed by atoms with E-state index in [2.05, 4.69) is 15.8 Å². The van der Waals surface area contributed by atoms with Crippen molar-refractivity contribution in [3.8, 4) is 11.5 Å². The molecule has 32 heavy (non-hydrogen) atoms. The lowest BCUT2D eigenvalue weighted by atomic mass is 10.2. The van der Waals surface area contributed by atoms with Gasteiger partial charge < -0.3 is 14.8 Å². The summed E-state index contributed by atoms with van der Waals surface area (Å²) in [6, 6.07) is 22.2. The van der Waals surface area contributed by atoms with E-state index in [-0.39, 0.29) is 0 Å². The Morgan fingerprint density at radius 3 is 2.28 bits per heavy atom. The van der Waals surface area contributed by atoms with Crippen LogP contribution in [0.15, 0.2) is 84.0 Å². The Labute approximate surface area is 192 Å². The first-order valence-electron chi connectivity index (χ1n) is 9.83. The molecule has 0 aliphatic heterocycles. The number of hydrogen-bond donors (Lipinski definition) is 2. The second kappa shape index (κ2) is 11.4. The van der Waals surface area contributed by atoms with Crippen LogP contribution < -0.4 is 20.2 Å². The lowest BCUT2D eigenvalue weighted by Gasteiger charge is -2.09. The van der Waals surface area contributed by atoms with Crippen molar-refractivity contribution in [1.29, 1.82) is 0 Å². The van der Waals surface area contributed by atoms with E-state index in [1.807, 2.05) is 55.5 Å². The molecule has 0 spiro atoms. The molecule has 0 aliphatic carbocycles. The van der Waals surface area contributed by atoms with Crippen LogP contribution in [0.4, 0.5) is 5.69 Å². The van der Waals surface area contributed by atoms with Gasteiger partial charge in [-0.15, -0.1) is 0 Å². The summed E-state index contributed by atoms with van der Waals surface area (Å²) in [5.41, 5.74) is 6.49. The zero-order chi connectivity index (χ0) is 22.8. The normalized spacial score (nSPS) is 10.8. The Morgan fingerprint density at radius 2 is 1.59 bits per heavy atom. The molecule has 3 rings (SSSR count). The predicted octanol–water partition coefficient (Wildman–Crippen LogP) is 4.94. The molecule has 3 aromatic rings. The number of carbonyl (C=O) groups is 1. The van der Waals surface area contributed by atoms with Gasteiger partial charge in [-0.25, -0.2) is 4.79 Å². The van der Waals surface area contributed by atoms with Crippen LogP contribution in [-0.2, 0) is 4.79 Å². The zero-order valence-electron chi connectivity index (χ0n) is 17.7. The van der Waals surface area contributed by atoms with Crippen LogP contribution in [0.25, 0.3) is 6.08 Å². The standard InChI is InChI=1S/C25H23N3O3S/c1-18-5-3-4-6-23(18)27-25(32)28-26-17-20-9-14-22(15-10-20)31-24(29)16-11-19-7-12-21(30-2)13-8-19/h3-17H,1-2H3,(H2,27,28,32)/b16-11+,26-17+. The number of rotatable bonds is 7. The number of ether oxygens (including phenoxy) is 2. The van der Waals surface area contributed by atoms with Crippen molar-refractivity contribution >= 4 is 41.3 Å². The maximum absolute atomic E-state index is 12.0. The van der Waals surface area contributed by atoms with Gasteiger partial charge in [0.15, 0.2) is 5.11 Å². The van der Waals surface area contributed by atoms with Gasteiger partial charge in [-0.1, -0.05) is 30.3 Å². The number of hydrogen-bond acceptors (Lipinski definition) is 5. The van der Waals surface area contributed by atoms with Crippen LogP contribution in [0.1, 0.15) is 16.7 Å². The van der Waals surface area contributed by atoms with Crippen LogP contribution in [0.2, 0.25) is 0 Å². The van der Waals surface area contributed by atoms with Crippen LogP contribution >= 0.6 is 12.2 Å². The second-order valence-electron chi connectivity index (χ2n) is 6.74. The van der Waals surface area contributed by atoms with Gasteiger partial charge in [-0.05, 0) is 84.4 Å². The highest BCUT2D eigenvalue weighted by Crippen LogP contribution is 2.15. The lowest BCUT2D eigenvalue weighted by Crippen LogP contribution is -2.24. The fourth-order valence-electron chi connectivity index (χ4n) is 2.68. The number of aryl methyl sites for hydroxylation is 1. The lowest BCUT2D eigenvalue weighted by molar-refractivity contribution is -0.128. The van der Waals surface area contributed by atoms with Gasteiger partial charge in [-0.2, -0.15) is 5.10 Å². The Morgan fingerprint density at radius 1 is 0.938 bits per heavy atom. The molecule has 0 bridgehead atoms. The van der Waals surface area contributed by atoms with Gasteiger partial charge in [0.2, 0.25) is 0 Å². The van der Waals surface area contributed by atoms with Gasteiger partial charge in [0.25, 0.3) is 0 Å². The second-order valence-corrected chi connectivity index (χ2v) is 7.14. The third-order valence-electron chi connectivity index (χ3n) is 4.40. The summed E-state index contributed by atoms with van der Waals surface area (Å²) < 4.78 is 10.4. The summed E-state index contributed by atoms with van der Waals surface area (Å²) in [6.45, 7) is 2.00. The molecule has 2 N–H and O–H groups in total. The number of nitrogens with one attached hydrogen (secondary N) is 2. The fourth-order valence-corrected chi connectivity index (χ4v) is 2.84. The summed E-state index contributed by atoms with van der Waals surface area (Å²) in [6.07, 6.45) is 4.69. The Balaban J connectivity index is 1.47. The van der Waals surface area contributed by atoms with E-state index in [0.717, 1.165) is 28.1 Å². The van der Waals surface area contributed by atoms with Crippen molar-refractivity contribution in [2.24, 2.45) is 5.10 Å². The van der Waals surface area contributed by atoms with Crippen molar-refractivity contribution in [3.05, 3.63) is 95.6 Å². The van der Waals surface area contributed by atoms with Gasteiger partial charge in [0.05, 0.1) is 13.3 Å². The van der Waals surface area contributed by atoms with Crippen molar-refractivity contribution in [1.82, 2.24) is 5.43 Å². The minimum absolute atomic E-state index is 0.393. The van der Waals surface area contributed by atoms with Crippen molar-refractivity contribution in [3.63, 3.8) is 0 Å². The minimum Gasteiger partial charge on any atom is -0.497 e. The highest BCUT2D eigenvalue weighted by Gasteiger charge is 2.01. The van der Waals surface area contributed by atoms with Crippen molar-refractivity contribution in [2.45, 2.75) is 6.92 Å². The number of methoxy groups -OCH3 is 1. The maximum atomic E-state index is 12.0. The van der Waals surface area contributed by atoms with E-state index in [0.29, 0.717) is 10.9 Å². The van der Waals surface area contributed by atoms with E-state index in [1.54, 1.807) is 43.7 Å². The topological polar surface area (TPSA) is 72.0 Å². The molecular formula is C25H23N3O3S. The predicted molar refractivity (Wildman–Crippen MR) is 132 cm³/mol. The number of para-hydroxylation sites is 1. The molecule has 162 valence electrons. The average molecular weight is 446 g/mol. The van der Waals surface area contributed by atoms with E-state index < -0.39 is 5.97 Å². The number of anilines is 1. The highest BCUT2D eigenvalue weighted by atomic mass is 32.1. The molecule has 0 fully saturated rings. The number of thiocarbonyl (C=S) groups is 1. The molecule has 0 saturated heterocycles. The molecule has 0 amide bonds. The quantitative estimate of drug-likeness (QED) is 0.134. The largest absolute Gasteiger partial charge is 0.497 e. The molecule has 0 aliphatic rings. The third kappa shape index (κ3) is 7.07. The number of nitrogens with zero attached hydrogens (tertiary/aromatic N) is 1. The smallest absolute Gasteiger partial charge is 0.336 e. The van der Waals surface area contributed by atoms with Gasteiger partial charge >= 0.3 is 5.97 Å². The first kappa shape index (κ1) is 22.7. The molecule has 6 nitrogen and oxygen atoms in total. The van der Waals surface area contributed by atoms with Gasteiger partial charge in [0, 0.05) is 11.8 Å². The minimum atomic E-state index is -0.462. The van der Waals surface area contributed by atoms with E-state index >= 15 is 0 Å². The molecule has 3 aromatic carbocycles. The molecule has 7 heteroatoms. The van der Waals surface area contributed by atoms with Gasteiger partial charge in [-0.3, -0.25) is 5.43 Å². The zero-order valence-corrected chi connectivity index (χ0v) is 18.6.